The number of likely N-dealkylation sites (tertiary alicyclic amines) is 1. The molecule has 2 heterocycles. The Morgan fingerprint density at radius 3 is 2.69 bits per heavy atom. The van der Waals surface area contributed by atoms with Crippen LogP contribution in [0.2, 0.25) is 0 Å². The second-order valence-electron chi connectivity index (χ2n) is 6.37. The molecule has 1 aromatic rings. The quantitative estimate of drug-likeness (QED) is 0.759. The molecule has 0 unspecified atom stereocenters. The lowest BCUT2D eigenvalue weighted by Gasteiger charge is -2.31. The molecule has 26 heavy (non-hydrogen) atoms. The van der Waals surface area contributed by atoms with E-state index in [1.165, 1.54) is 0 Å². The van der Waals surface area contributed by atoms with Gasteiger partial charge in [0, 0.05) is 17.8 Å². The van der Waals surface area contributed by atoms with Crippen LogP contribution < -0.4 is 15.4 Å². The Morgan fingerprint density at radius 1 is 1.27 bits per heavy atom. The van der Waals surface area contributed by atoms with Crippen LogP contribution in [0.25, 0.3) is 0 Å². The minimum atomic E-state index is -0.614. The Labute approximate surface area is 153 Å². The first-order chi connectivity index (χ1) is 12.6. The van der Waals surface area contributed by atoms with Crippen LogP contribution in [0.1, 0.15) is 31.4 Å². The molecule has 1 atom stereocenters. The van der Waals surface area contributed by atoms with Crippen LogP contribution in [0.5, 0.6) is 5.75 Å². The summed E-state index contributed by atoms with van der Waals surface area (Å²) < 4.78 is 10.7. The van der Waals surface area contributed by atoms with Crippen molar-refractivity contribution in [1.29, 1.82) is 0 Å². The molecule has 0 aromatic heterocycles. The summed E-state index contributed by atoms with van der Waals surface area (Å²) in [6.45, 7) is 4.48. The zero-order valence-electron chi connectivity index (χ0n) is 15.2. The van der Waals surface area contributed by atoms with Crippen LogP contribution in [-0.4, -0.2) is 50.3 Å². The van der Waals surface area contributed by atoms with Gasteiger partial charge in [-0.1, -0.05) is 18.2 Å². The number of nitrogens with zero attached hydrogens (tertiary/aromatic N) is 1. The fourth-order valence-corrected chi connectivity index (χ4v) is 3.50. The van der Waals surface area contributed by atoms with Crippen LogP contribution >= 0.6 is 0 Å². The molecular weight excluding hydrogens is 334 g/mol. The van der Waals surface area contributed by atoms with Crippen molar-refractivity contribution in [3.63, 3.8) is 0 Å². The number of hydrogen-bond acceptors (Lipinski definition) is 5. The van der Waals surface area contributed by atoms with Crippen molar-refractivity contribution in [1.82, 2.24) is 15.5 Å². The molecule has 0 spiro atoms. The second-order valence-corrected chi connectivity index (χ2v) is 6.37. The van der Waals surface area contributed by atoms with Gasteiger partial charge in [0.1, 0.15) is 5.75 Å². The van der Waals surface area contributed by atoms with E-state index in [1.807, 2.05) is 24.3 Å². The molecule has 0 aliphatic carbocycles. The summed E-state index contributed by atoms with van der Waals surface area (Å²) in [5.41, 5.74) is 1.76. The summed E-state index contributed by atoms with van der Waals surface area (Å²) >= 11 is 0. The van der Waals surface area contributed by atoms with Gasteiger partial charge in [-0.2, -0.15) is 0 Å². The minimum Gasteiger partial charge on any atom is -0.496 e. The number of benzene rings is 1. The Morgan fingerprint density at radius 2 is 2.00 bits per heavy atom. The predicted octanol–water partition coefficient (Wildman–Crippen LogP) is 1.96. The fraction of sp³-hybridized carbons (Fsp3) is 0.474. The maximum atomic E-state index is 12.7. The molecule has 7 nitrogen and oxygen atoms in total. The lowest BCUT2D eigenvalue weighted by Crippen LogP contribution is -2.48. The number of amides is 2. The monoisotopic (exact) mass is 359 g/mol. The van der Waals surface area contributed by atoms with Gasteiger partial charge >= 0.3 is 12.0 Å². The van der Waals surface area contributed by atoms with E-state index >= 15 is 0 Å². The molecule has 2 aliphatic rings. The summed E-state index contributed by atoms with van der Waals surface area (Å²) in [6.07, 6.45) is 2.26. The fourth-order valence-electron chi connectivity index (χ4n) is 3.50. The van der Waals surface area contributed by atoms with Crippen molar-refractivity contribution in [2.24, 2.45) is 0 Å². The number of rotatable bonds is 6. The summed E-state index contributed by atoms with van der Waals surface area (Å²) in [5.74, 6) is 0.187. The van der Waals surface area contributed by atoms with Gasteiger partial charge in [-0.05, 0) is 38.9 Å². The van der Waals surface area contributed by atoms with Gasteiger partial charge < -0.3 is 20.1 Å². The standard InChI is InChI=1S/C19H25N3O4/c1-3-26-18(23)16-14(12-22-10-6-7-11-22)20-19(24)21-17(16)13-8-4-5-9-15(13)25-2/h4-5,8-9,17H,3,6-7,10-12H2,1-2H3,(H2,20,21,24)/t17-/m1/s1. The zero-order valence-corrected chi connectivity index (χ0v) is 15.2. The number of ether oxygens (including phenoxy) is 2. The van der Waals surface area contributed by atoms with Crippen LogP contribution in [0.3, 0.4) is 0 Å². The molecule has 140 valence electrons. The topological polar surface area (TPSA) is 79.9 Å². The third-order valence-electron chi connectivity index (χ3n) is 4.68. The highest BCUT2D eigenvalue weighted by atomic mass is 16.5. The second kappa shape index (κ2) is 8.23. The van der Waals surface area contributed by atoms with Crippen molar-refractivity contribution >= 4 is 12.0 Å². The summed E-state index contributed by atoms with van der Waals surface area (Å²) in [5, 5.41) is 5.66. The van der Waals surface area contributed by atoms with E-state index in [2.05, 4.69) is 15.5 Å². The van der Waals surface area contributed by atoms with Crippen molar-refractivity contribution in [3.05, 3.63) is 41.1 Å². The first-order valence-electron chi connectivity index (χ1n) is 8.97. The van der Waals surface area contributed by atoms with Gasteiger partial charge in [0.15, 0.2) is 0 Å². The van der Waals surface area contributed by atoms with Crippen molar-refractivity contribution in [3.8, 4) is 5.75 Å². The third kappa shape index (κ3) is 3.83. The van der Waals surface area contributed by atoms with E-state index in [1.54, 1.807) is 14.0 Å². The molecule has 2 N–H and O–H groups in total. The molecule has 1 fully saturated rings. The smallest absolute Gasteiger partial charge is 0.338 e. The first kappa shape index (κ1) is 18.3. The lowest BCUT2D eigenvalue weighted by molar-refractivity contribution is -0.139. The zero-order chi connectivity index (χ0) is 18.5. The number of carbonyl (C=O) groups excluding carboxylic acids is 2. The van der Waals surface area contributed by atoms with Crippen LogP contribution in [0.15, 0.2) is 35.5 Å². The number of esters is 1. The molecule has 2 aliphatic heterocycles. The molecule has 3 rings (SSSR count). The molecule has 1 aromatic carbocycles. The number of carbonyl (C=O) groups is 2. The predicted molar refractivity (Wildman–Crippen MR) is 96.7 cm³/mol. The van der Waals surface area contributed by atoms with Crippen LogP contribution in [-0.2, 0) is 9.53 Å². The number of hydrogen-bond donors (Lipinski definition) is 2. The van der Waals surface area contributed by atoms with Gasteiger partial charge in [-0.25, -0.2) is 9.59 Å². The summed E-state index contributed by atoms with van der Waals surface area (Å²) in [6, 6.07) is 6.42. The van der Waals surface area contributed by atoms with E-state index in [9.17, 15) is 9.59 Å². The number of methoxy groups -OCH3 is 1. The van der Waals surface area contributed by atoms with E-state index in [4.69, 9.17) is 9.47 Å². The third-order valence-corrected chi connectivity index (χ3v) is 4.68. The molecule has 2 amide bonds. The average Bonchev–Trinajstić information content (AvgIpc) is 3.14. The molecular formula is C19H25N3O4. The van der Waals surface area contributed by atoms with Crippen molar-refractivity contribution < 1.29 is 19.1 Å². The molecule has 0 saturated carbocycles. The van der Waals surface area contributed by atoms with Gasteiger partial charge in [0.2, 0.25) is 0 Å². The summed E-state index contributed by atoms with van der Waals surface area (Å²) in [7, 11) is 1.57. The van der Waals surface area contributed by atoms with E-state index < -0.39 is 12.0 Å². The number of urea groups is 1. The van der Waals surface area contributed by atoms with E-state index in [0.29, 0.717) is 23.6 Å². The minimum absolute atomic E-state index is 0.270. The Balaban J connectivity index is 2.04. The molecule has 7 heteroatoms. The Kier molecular flexibility index (Phi) is 5.78. The Bertz CT molecular complexity index is 710. The normalized spacial score (nSPS) is 20.5. The van der Waals surface area contributed by atoms with Crippen LogP contribution in [0, 0.1) is 0 Å². The molecule has 0 bridgehead atoms. The SMILES string of the molecule is CCOC(=O)C1=C(CN2CCCC2)NC(=O)N[C@@H]1c1ccccc1OC. The van der Waals surface area contributed by atoms with Gasteiger partial charge in [-0.15, -0.1) is 0 Å². The lowest BCUT2D eigenvalue weighted by atomic mass is 9.94. The molecule has 1 saturated heterocycles. The van der Waals surface area contributed by atoms with Gasteiger partial charge in [0.25, 0.3) is 0 Å². The maximum absolute atomic E-state index is 12.7. The first-order valence-corrected chi connectivity index (χ1v) is 8.97. The largest absolute Gasteiger partial charge is 0.496 e. The summed E-state index contributed by atoms with van der Waals surface area (Å²) in [4.78, 5) is 27.3. The highest BCUT2D eigenvalue weighted by Gasteiger charge is 2.35. The van der Waals surface area contributed by atoms with E-state index in [-0.39, 0.29) is 12.6 Å². The average molecular weight is 359 g/mol. The van der Waals surface area contributed by atoms with Gasteiger partial charge in [-0.3, -0.25) is 4.90 Å². The number of para-hydroxylation sites is 1. The highest BCUT2D eigenvalue weighted by Crippen LogP contribution is 2.33. The molecule has 0 radical (unpaired) electrons. The number of nitrogens with one attached hydrogen (secondary N) is 2. The van der Waals surface area contributed by atoms with E-state index in [0.717, 1.165) is 31.5 Å². The maximum Gasteiger partial charge on any atom is 0.338 e. The highest BCUT2D eigenvalue weighted by molar-refractivity contribution is 5.95. The van der Waals surface area contributed by atoms with Gasteiger partial charge in [0.05, 0.1) is 25.3 Å². The van der Waals surface area contributed by atoms with Crippen LogP contribution in [0.4, 0.5) is 4.79 Å². The van der Waals surface area contributed by atoms with Crippen molar-refractivity contribution in [2.45, 2.75) is 25.8 Å². The Hall–Kier alpha value is -2.54. The van der Waals surface area contributed by atoms with Crippen molar-refractivity contribution in [2.75, 3.05) is 33.4 Å².